The molecule has 1 saturated heterocycles. The molecule has 3 rings (SSSR count). The quantitative estimate of drug-likeness (QED) is 0.470. The van der Waals surface area contributed by atoms with Crippen LogP contribution in [0.2, 0.25) is 0 Å². The highest BCUT2D eigenvalue weighted by Gasteiger charge is 2.38. The molecule has 0 radical (unpaired) electrons. The summed E-state index contributed by atoms with van der Waals surface area (Å²) in [5, 5.41) is 0. The summed E-state index contributed by atoms with van der Waals surface area (Å²) in [5.74, 6) is -0.328. The van der Waals surface area contributed by atoms with Gasteiger partial charge in [0.2, 0.25) is 0 Å². The van der Waals surface area contributed by atoms with Crippen LogP contribution >= 0.6 is 0 Å². The van der Waals surface area contributed by atoms with Crippen molar-refractivity contribution in [2.24, 2.45) is 0 Å². The molecule has 1 aliphatic rings. The van der Waals surface area contributed by atoms with Crippen LogP contribution < -0.4 is 4.74 Å². The summed E-state index contributed by atoms with van der Waals surface area (Å²) in [6.07, 6.45) is -9.58. The molecule has 0 unspecified atom stereocenters. The maximum absolute atomic E-state index is 13.3. The number of carbonyl (C=O) groups excluding carboxylic acids is 1. The van der Waals surface area contributed by atoms with Crippen LogP contribution in [0.25, 0.3) is 0 Å². The second kappa shape index (κ2) is 11.3. The summed E-state index contributed by atoms with van der Waals surface area (Å²) in [5.41, 5.74) is -3.04. The van der Waals surface area contributed by atoms with Gasteiger partial charge < -0.3 is 14.4 Å². The van der Waals surface area contributed by atoms with Crippen LogP contribution in [0.5, 0.6) is 5.75 Å². The minimum absolute atomic E-state index is 0.0169. The van der Waals surface area contributed by atoms with Crippen molar-refractivity contribution in [2.45, 2.75) is 25.3 Å². The third kappa shape index (κ3) is 7.60. The van der Waals surface area contributed by atoms with Gasteiger partial charge in [0.1, 0.15) is 5.75 Å². The lowest BCUT2D eigenvalue weighted by Gasteiger charge is -2.29. The minimum atomic E-state index is -5.03. The maximum atomic E-state index is 13.3. The van der Waals surface area contributed by atoms with Crippen LogP contribution in [0.3, 0.4) is 0 Å². The molecule has 5 nitrogen and oxygen atoms in total. The fourth-order valence-electron chi connectivity index (χ4n) is 3.77. The van der Waals surface area contributed by atoms with Gasteiger partial charge >= 0.3 is 12.4 Å². The number of amides is 1. The van der Waals surface area contributed by atoms with Crippen molar-refractivity contribution in [3.05, 3.63) is 64.7 Å². The van der Waals surface area contributed by atoms with Gasteiger partial charge in [-0.1, -0.05) is 12.1 Å². The fourth-order valence-corrected chi connectivity index (χ4v) is 3.77. The first-order valence-electron chi connectivity index (χ1n) is 11.0. The van der Waals surface area contributed by atoms with E-state index < -0.39 is 35.0 Å². The van der Waals surface area contributed by atoms with Crippen molar-refractivity contribution in [1.29, 1.82) is 0 Å². The molecule has 11 heteroatoms. The van der Waals surface area contributed by atoms with Gasteiger partial charge in [-0.15, -0.1) is 0 Å². The first-order valence-corrected chi connectivity index (χ1v) is 11.0. The lowest BCUT2D eigenvalue weighted by molar-refractivity contribution is -0.143. The Kier molecular flexibility index (Phi) is 8.65. The topological polar surface area (TPSA) is 42.0 Å². The Hall–Kier alpha value is -2.79. The van der Waals surface area contributed by atoms with E-state index >= 15 is 0 Å². The van der Waals surface area contributed by atoms with Crippen molar-refractivity contribution in [3.8, 4) is 5.75 Å². The van der Waals surface area contributed by atoms with Crippen molar-refractivity contribution >= 4 is 5.91 Å². The highest BCUT2D eigenvalue weighted by atomic mass is 19.4. The summed E-state index contributed by atoms with van der Waals surface area (Å²) >= 11 is 0. The van der Waals surface area contributed by atoms with E-state index in [2.05, 4.69) is 4.90 Å². The summed E-state index contributed by atoms with van der Waals surface area (Å²) in [4.78, 5) is 16.7. The zero-order chi connectivity index (χ0) is 25.6. The number of halogens is 6. The van der Waals surface area contributed by atoms with E-state index in [0.29, 0.717) is 49.6 Å². The number of hydrogen-bond acceptors (Lipinski definition) is 4. The Morgan fingerprint density at radius 2 is 1.54 bits per heavy atom. The molecule has 2 aromatic carbocycles. The van der Waals surface area contributed by atoms with Gasteiger partial charge in [-0.05, 0) is 42.3 Å². The third-order valence-electron chi connectivity index (χ3n) is 5.66. The van der Waals surface area contributed by atoms with Gasteiger partial charge in [0, 0.05) is 38.3 Å². The van der Waals surface area contributed by atoms with E-state index in [9.17, 15) is 31.1 Å². The molecular weight excluding hydrogens is 478 g/mol. The minimum Gasteiger partial charge on any atom is -0.497 e. The summed E-state index contributed by atoms with van der Waals surface area (Å²) in [6, 6.07) is 7.67. The highest BCUT2D eigenvalue weighted by Crippen LogP contribution is 2.36. The lowest BCUT2D eigenvalue weighted by Crippen LogP contribution is -2.39. The number of alkyl halides is 6. The van der Waals surface area contributed by atoms with Crippen LogP contribution in [-0.2, 0) is 23.6 Å². The number of ether oxygens (including phenoxy) is 2. The predicted octanol–water partition coefficient (Wildman–Crippen LogP) is 5.10. The molecule has 1 fully saturated rings. The van der Waals surface area contributed by atoms with Gasteiger partial charge in [0.25, 0.3) is 5.91 Å². The monoisotopic (exact) mass is 504 g/mol. The Labute approximate surface area is 199 Å². The van der Waals surface area contributed by atoms with Crippen LogP contribution in [0, 0.1) is 0 Å². The fraction of sp³-hybridized carbons (Fsp3) is 0.458. The van der Waals surface area contributed by atoms with E-state index in [0.717, 1.165) is 13.1 Å². The molecule has 1 heterocycles. The third-order valence-corrected chi connectivity index (χ3v) is 5.66. The highest BCUT2D eigenvalue weighted by molar-refractivity contribution is 5.94. The van der Waals surface area contributed by atoms with E-state index in [4.69, 9.17) is 9.47 Å². The van der Waals surface area contributed by atoms with Crippen molar-refractivity contribution in [3.63, 3.8) is 0 Å². The molecule has 0 aliphatic carbocycles. The largest absolute Gasteiger partial charge is 0.497 e. The van der Waals surface area contributed by atoms with Crippen LogP contribution in [0.1, 0.15) is 33.5 Å². The van der Waals surface area contributed by atoms with Crippen molar-refractivity contribution in [2.75, 3.05) is 46.5 Å². The molecule has 192 valence electrons. The Morgan fingerprint density at radius 1 is 0.971 bits per heavy atom. The number of rotatable bonds is 8. The zero-order valence-electron chi connectivity index (χ0n) is 19.1. The van der Waals surface area contributed by atoms with Crippen LogP contribution in [-0.4, -0.2) is 62.2 Å². The molecule has 0 spiro atoms. The smallest absolute Gasteiger partial charge is 0.416 e. The normalized spacial score (nSPS) is 15.2. The average molecular weight is 504 g/mol. The summed E-state index contributed by atoms with van der Waals surface area (Å²) < 4.78 is 90.2. The van der Waals surface area contributed by atoms with Crippen molar-refractivity contribution < 1.29 is 40.6 Å². The van der Waals surface area contributed by atoms with Gasteiger partial charge in [-0.25, -0.2) is 0 Å². The number of carbonyl (C=O) groups is 1. The summed E-state index contributed by atoms with van der Waals surface area (Å²) in [7, 11) is 1.49. The molecule has 0 atom stereocenters. The van der Waals surface area contributed by atoms with E-state index in [-0.39, 0.29) is 19.2 Å². The molecule has 1 amide bonds. The molecular formula is C24H26F6N2O3. The summed E-state index contributed by atoms with van der Waals surface area (Å²) in [6.45, 7) is 3.39. The molecule has 35 heavy (non-hydrogen) atoms. The molecule has 2 aromatic rings. The number of hydrogen-bond donors (Lipinski definition) is 0. The van der Waals surface area contributed by atoms with Gasteiger partial charge in [0.05, 0.1) is 31.5 Å². The first-order chi connectivity index (χ1) is 16.5. The predicted molar refractivity (Wildman–Crippen MR) is 116 cm³/mol. The molecule has 0 saturated carbocycles. The number of morpholine rings is 1. The molecule has 0 bridgehead atoms. The molecule has 0 N–H and O–H groups in total. The Balaban J connectivity index is 1.87. The van der Waals surface area contributed by atoms with Gasteiger partial charge in [-0.2, -0.15) is 26.3 Å². The standard InChI is InChI=1S/C24H26F6N2O3/c1-34-21-5-3-17(4-6-21)16-32(8-2-7-31-9-11-35-12-10-31)22(33)18-13-19(23(25,26)27)15-20(14-18)24(28,29)30/h3-6,13-15H,2,7-12,16H2,1H3. The van der Waals surface area contributed by atoms with E-state index in [1.54, 1.807) is 24.3 Å². The maximum Gasteiger partial charge on any atom is 0.416 e. The number of methoxy groups -OCH3 is 1. The van der Waals surface area contributed by atoms with Crippen LogP contribution in [0.15, 0.2) is 42.5 Å². The second-order valence-electron chi connectivity index (χ2n) is 8.18. The first kappa shape index (κ1) is 26.8. The zero-order valence-corrected chi connectivity index (χ0v) is 19.1. The Bertz CT molecular complexity index is 954. The van der Waals surface area contributed by atoms with E-state index in [1.165, 1.54) is 12.0 Å². The molecule has 0 aromatic heterocycles. The van der Waals surface area contributed by atoms with Gasteiger partial charge in [0.15, 0.2) is 0 Å². The average Bonchev–Trinajstić information content (AvgIpc) is 2.82. The van der Waals surface area contributed by atoms with E-state index in [1.807, 2.05) is 0 Å². The molecule has 1 aliphatic heterocycles. The Morgan fingerprint density at radius 3 is 2.06 bits per heavy atom. The van der Waals surface area contributed by atoms with Crippen LogP contribution in [0.4, 0.5) is 26.3 Å². The number of benzene rings is 2. The van der Waals surface area contributed by atoms with Gasteiger partial charge in [-0.3, -0.25) is 9.69 Å². The van der Waals surface area contributed by atoms with Crippen molar-refractivity contribution in [1.82, 2.24) is 9.80 Å². The number of nitrogens with zero attached hydrogens (tertiary/aromatic N) is 2. The SMILES string of the molecule is COc1ccc(CN(CCCN2CCOCC2)C(=O)c2cc(C(F)(F)F)cc(C(F)(F)F)c2)cc1. The lowest BCUT2D eigenvalue weighted by atomic mass is 10.0. The second-order valence-corrected chi connectivity index (χ2v) is 8.18.